The first-order valence-corrected chi connectivity index (χ1v) is 16.4. The maximum absolute atomic E-state index is 9.51. The molecule has 6 rings (SSSR count). The average Bonchev–Trinajstić information content (AvgIpc) is 3.53. The lowest BCUT2D eigenvalue weighted by atomic mass is 10.0. The number of rotatable bonds is 11. The number of nitrogens with one attached hydrogen (secondary N) is 2. The highest BCUT2D eigenvalue weighted by atomic mass is 16.5. The van der Waals surface area contributed by atoms with E-state index in [2.05, 4.69) is 56.4 Å². The molecule has 2 aliphatic heterocycles. The van der Waals surface area contributed by atoms with Crippen molar-refractivity contribution in [1.82, 2.24) is 34.9 Å². The van der Waals surface area contributed by atoms with Crippen LogP contribution in [0.2, 0.25) is 0 Å². The number of ether oxygens (including phenoxy) is 1. The van der Waals surface area contributed by atoms with Crippen LogP contribution in [-0.4, -0.2) is 107 Å². The lowest BCUT2D eigenvalue weighted by molar-refractivity contribution is 0.0982. The van der Waals surface area contributed by atoms with Crippen molar-refractivity contribution in [3.63, 3.8) is 0 Å². The van der Waals surface area contributed by atoms with Crippen LogP contribution in [-0.2, 0) is 6.54 Å². The number of anilines is 3. The zero-order valence-electron chi connectivity index (χ0n) is 27.5. The third kappa shape index (κ3) is 7.33. The lowest BCUT2D eigenvalue weighted by Crippen LogP contribution is -2.52. The summed E-state index contributed by atoms with van der Waals surface area (Å²) < 4.78 is 7.65. The van der Waals surface area contributed by atoms with Crippen molar-refractivity contribution < 1.29 is 9.84 Å². The zero-order chi connectivity index (χ0) is 32.0. The molecular formula is C35H47N9O2. The van der Waals surface area contributed by atoms with Gasteiger partial charge in [-0.05, 0) is 45.4 Å². The molecule has 4 heterocycles. The number of piperazine rings is 1. The molecule has 2 saturated heterocycles. The smallest absolute Gasteiger partial charge is 0.229 e. The van der Waals surface area contributed by atoms with E-state index in [9.17, 15) is 5.11 Å². The Balaban J connectivity index is 1.18. The Kier molecular flexibility index (Phi) is 10.1. The minimum absolute atomic E-state index is 0.0273. The maximum Gasteiger partial charge on any atom is 0.229 e. The van der Waals surface area contributed by atoms with E-state index in [1.807, 2.05) is 49.5 Å². The van der Waals surface area contributed by atoms with Crippen LogP contribution in [0.5, 0.6) is 5.75 Å². The highest BCUT2D eigenvalue weighted by Gasteiger charge is 2.28. The summed E-state index contributed by atoms with van der Waals surface area (Å²) >= 11 is 0. The minimum atomic E-state index is -0.0273. The fourth-order valence-electron chi connectivity index (χ4n) is 6.45. The quantitative estimate of drug-likeness (QED) is 0.226. The third-order valence-corrected chi connectivity index (χ3v) is 9.25. The average molecular weight is 626 g/mol. The normalized spacial score (nSPS) is 17.3. The molecule has 0 amide bonds. The van der Waals surface area contributed by atoms with Gasteiger partial charge in [-0.25, -0.2) is 9.67 Å². The largest absolute Gasteiger partial charge is 0.494 e. The van der Waals surface area contributed by atoms with Crippen LogP contribution in [0.3, 0.4) is 0 Å². The van der Waals surface area contributed by atoms with Crippen molar-refractivity contribution in [1.29, 1.82) is 0 Å². The van der Waals surface area contributed by atoms with E-state index >= 15 is 0 Å². The summed E-state index contributed by atoms with van der Waals surface area (Å²) in [7, 11) is 3.92. The minimum Gasteiger partial charge on any atom is -0.494 e. The van der Waals surface area contributed by atoms with Crippen molar-refractivity contribution in [3.05, 3.63) is 72.1 Å². The molecule has 0 spiro atoms. The molecule has 1 unspecified atom stereocenters. The summed E-state index contributed by atoms with van der Waals surface area (Å²) in [5.74, 6) is 1.86. The number of aromatic nitrogens is 4. The van der Waals surface area contributed by atoms with Crippen LogP contribution in [0.1, 0.15) is 30.9 Å². The SMILES string of the molecule is COc1cc(N2CCC(N3CCN(C)CC3)CC2)c(C)cc1Nc1nccc(-n2cc(CNC(C)CO)c(-c3ccccc3)n2)n1. The molecule has 3 N–H and O–H groups in total. The number of nitrogens with zero attached hydrogens (tertiary/aromatic N) is 7. The van der Waals surface area contributed by atoms with Crippen LogP contribution in [0.25, 0.3) is 17.1 Å². The van der Waals surface area contributed by atoms with E-state index in [-0.39, 0.29) is 12.6 Å². The van der Waals surface area contributed by atoms with Crippen molar-refractivity contribution in [2.75, 3.05) is 70.2 Å². The molecule has 2 aromatic heterocycles. The summed E-state index contributed by atoms with van der Waals surface area (Å²) in [4.78, 5) is 16.9. The van der Waals surface area contributed by atoms with E-state index in [1.165, 1.54) is 37.2 Å². The number of likely N-dealkylation sites (N-methyl/N-ethyl adjacent to an activating group) is 1. The van der Waals surface area contributed by atoms with E-state index in [0.29, 0.717) is 24.4 Å². The van der Waals surface area contributed by atoms with Gasteiger partial charge in [-0.3, -0.25) is 4.90 Å². The van der Waals surface area contributed by atoms with Gasteiger partial charge in [-0.1, -0.05) is 30.3 Å². The van der Waals surface area contributed by atoms with Crippen LogP contribution in [0, 0.1) is 6.92 Å². The molecule has 11 heteroatoms. The molecule has 0 radical (unpaired) electrons. The van der Waals surface area contributed by atoms with E-state index < -0.39 is 0 Å². The second-order valence-corrected chi connectivity index (χ2v) is 12.5. The molecule has 11 nitrogen and oxygen atoms in total. The number of methoxy groups -OCH3 is 1. The first-order valence-electron chi connectivity index (χ1n) is 16.4. The molecule has 0 aliphatic carbocycles. The molecular weight excluding hydrogens is 578 g/mol. The molecule has 0 saturated carbocycles. The molecule has 0 bridgehead atoms. The van der Waals surface area contributed by atoms with Gasteiger partial charge in [0.15, 0.2) is 5.82 Å². The Morgan fingerprint density at radius 3 is 2.50 bits per heavy atom. The highest BCUT2D eigenvalue weighted by Crippen LogP contribution is 2.36. The molecule has 2 aliphatic rings. The number of aliphatic hydroxyl groups is 1. The topological polar surface area (TPSA) is 107 Å². The van der Waals surface area contributed by atoms with Gasteiger partial charge in [0, 0.05) is 99.2 Å². The summed E-state index contributed by atoms with van der Waals surface area (Å²) in [5, 5.41) is 21.2. The summed E-state index contributed by atoms with van der Waals surface area (Å²) in [6.07, 6.45) is 6.09. The number of piperidine rings is 1. The Bertz CT molecular complexity index is 1580. The van der Waals surface area contributed by atoms with Crippen LogP contribution in [0.4, 0.5) is 17.3 Å². The molecule has 244 valence electrons. The summed E-state index contributed by atoms with van der Waals surface area (Å²) in [6.45, 7) is 11.5. The van der Waals surface area contributed by atoms with Crippen LogP contribution >= 0.6 is 0 Å². The van der Waals surface area contributed by atoms with Gasteiger partial charge in [0.05, 0.1) is 25.1 Å². The van der Waals surface area contributed by atoms with Gasteiger partial charge in [0.2, 0.25) is 5.95 Å². The number of benzene rings is 2. The Morgan fingerprint density at radius 2 is 1.78 bits per heavy atom. The van der Waals surface area contributed by atoms with Gasteiger partial charge in [-0.2, -0.15) is 10.1 Å². The molecule has 2 aromatic carbocycles. The fourth-order valence-corrected chi connectivity index (χ4v) is 6.45. The maximum atomic E-state index is 9.51. The van der Waals surface area contributed by atoms with E-state index in [0.717, 1.165) is 54.4 Å². The first kappa shape index (κ1) is 31.9. The van der Waals surface area contributed by atoms with Gasteiger partial charge in [-0.15, -0.1) is 0 Å². The van der Waals surface area contributed by atoms with Crippen molar-refractivity contribution in [2.24, 2.45) is 0 Å². The Hall–Kier alpha value is -4.03. The van der Waals surface area contributed by atoms with Crippen molar-refractivity contribution in [3.8, 4) is 22.8 Å². The molecule has 4 aromatic rings. The monoisotopic (exact) mass is 625 g/mol. The predicted molar refractivity (Wildman–Crippen MR) is 183 cm³/mol. The van der Waals surface area contributed by atoms with Crippen LogP contribution < -0.4 is 20.3 Å². The van der Waals surface area contributed by atoms with Crippen molar-refractivity contribution >= 4 is 17.3 Å². The van der Waals surface area contributed by atoms with Gasteiger partial charge in [0.25, 0.3) is 0 Å². The van der Waals surface area contributed by atoms with Gasteiger partial charge < -0.3 is 30.3 Å². The molecule has 46 heavy (non-hydrogen) atoms. The molecule has 1 atom stereocenters. The van der Waals surface area contributed by atoms with Crippen molar-refractivity contribution in [2.45, 2.75) is 45.3 Å². The first-order chi connectivity index (χ1) is 22.4. The molecule has 2 fully saturated rings. The Morgan fingerprint density at radius 1 is 1.02 bits per heavy atom. The second-order valence-electron chi connectivity index (χ2n) is 12.5. The van der Waals surface area contributed by atoms with Crippen LogP contribution in [0.15, 0.2) is 60.9 Å². The summed E-state index contributed by atoms with van der Waals surface area (Å²) in [5.41, 5.74) is 6.13. The number of hydrogen-bond donors (Lipinski definition) is 3. The van der Waals surface area contributed by atoms with Gasteiger partial charge >= 0.3 is 0 Å². The highest BCUT2D eigenvalue weighted by molar-refractivity contribution is 5.71. The van der Waals surface area contributed by atoms with Gasteiger partial charge in [0.1, 0.15) is 5.75 Å². The lowest BCUT2D eigenvalue weighted by Gasteiger charge is -2.43. The summed E-state index contributed by atoms with van der Waals surface area (Å²) in [6, 6.07) is 16.9. The zero-order valence-corrected chi connectivity index (χ0v) is 27.5. The number of aryl methyl sites for hydroxylation is 1. The Labute approximate surface area is 272 Å². The fraction of sp³-hybridized carbons (Fsp3) is 0.457. The number of aliphatic hydroxyl groups excluding tert-OH is 1. The van der Waals surface area contributed by atoms with E-state index in [1.54, 1.807) is 18.0 Å². The standard InChI is InChI=1S/C35H47N9O2/c1-25-20-30(32(46-4)21-31(25)43-14-11-29(12-15-43)42-18-16-41(3)17-19-42)38-35-36-13-10-33(39-35)44-23-28(22-37-26(2)24-45)34(40-44)27-8-6-5-7-9-27/h5-10,13,20-21,23,26,29,37,45H,11-12,14-19,22,24H2,1-4H3,(H,36,38,39). The second kappa shape index (κ2) is 14.6. The predicted octanol–water partition coefficient (Wildman–Crippen LogP) is 4.08. The van der Waals surface area contributed by atoms with E-state index in [4.69, 9.17) is 14.8 Å². The number of hydrogen-bond acceptors (Lipinski definition) is 10. The third-order valence-electron chi connectivity index (χ3n) is 9.25.